The number of nitrogens with zero attached hydrogens (tertiary/aromatic N) is 10. The number of rotatable bonds is 11. The molecule has 7 heterocycles. The minimum absolute atomic E-state index is 0.0182. The molecule has 5 aliphatic rings. The van der Waals surface area contributed by atoms with Crippen LogP contribution in [0, 0.1) is 17.2 Å². The van der Waals surface area contributed by atoms with Crippen LogP contribution in [0.3, 0.4) is 0 Å². The number of piperidine rings is 2. The van der Waals surface area contributed by atoms with Crippen LogP contribution in [0.5, 0.6) is 5.75 Å². The van der Waals surface area contributed by atoms with Crippen molar-refractivity contribution >= 4 is 52.1 Å². The van der Waals surface area contributed by atoms with Gasteiger partial charge in [0.1, 0.15) is 11.8 Å². The number of aryl methyl sites for hydroxylation is 1. The lowest BCUT2D eigenvalue weighted by molar-refractivity contribution is -0.129. The van der Waals surface area contributed by atoms with E-state index < -0.39 is 6.43 Å². The second kappa shape index (κ2) is 20.1. The molecule has 18 heteroatoms. The number of nitriles is 1. The Morgan fingerprint density at radius 3 is 2.46 bits per heavy atom. The molecular formula is C50H56ClF2N11O3S. The fourth-order valence-corrected chi connectivity index (χ4v) is 11.7. The maximum atomic E-state index is 14.7. The van der Waals surface area contributed by atoms with Gasteiger partial charge in [0.05, 0.1) is 40.5 Å². The molecule has 0 spiro atoms. The highest BCUT2D eigenvalue weighted by molar-refractivity contribution is 7.07. The Labute approximate surface area is 404 Å². The molecular weight excluding hydrogens is 908 g/mol. The average Bonchev–Trinajstić information content (AvgIpc) is 4.04. The van der Waals surface area contributed by atoms with Crippen molar-refractivity contribution in [1.82, 2.24) is 40.1 Å². The van der Waals surface area contributed by atoms with E-state index in [0.29, 0.717) is 65.3 Å². The molecule has 2 amide bonds. The average molecular weight is 965 g/mol. The summed E-state index contributed by atoms with van der Waals surface area (Å²) in [6, 6.07) is 14.6. The van der Waals surface area contributed by atoms with Gasteiger partial charge < -0.3 is 29.7 Å². The number of thiazole rings is 1. The van der Waals surface area contributed by atoms with E-state index in [1.807, 2.05) is 22.4 Å². The maximum Gasteiger partial charge on any atom is 0.272 e. The Morgan fingerprint density at radius 2 is 1.76 bits per heavy atom. The molecule has 1 aliphatic carbocycles. The van der Waals surface area contributed by atoms with E-state index in [-0.39, 0.29) is 35.6 Å². The molecule has 5 aromatic rings. The molecule has 3 aromatic heterocycles. The normalized spacial score (nSPS) is 20.5. The third-order valence-electron chi connectivity index (χ3n) is 14.7. The third-order valence-corrected chi connectivity index (χ3v) is 15.6. The molecule has 356 valence electrons. The molecule has 0 unspecified atom stereocenters. The van der Waals surface area contributed by atoms with E-state index in [9.17, 15) is 18.4 Å². The topological polar surface area (TPSA) is 149 Å². The molecule has 14 nitrogen and oxygen atoms in total. The number of carbonyl (C=O) groups excluding carboxylic acids is 2. The first-order valence-corrected chi connectivity index (χ1v) is 25.4. The van der Waals surface area contributed by atoms with E-state index in [4.69, 9.17) is 26.7 Å². The predicted molar refractivity (Wildman–Crippen MR) is 257 cm³/mol. The van der Waals surface area contributed by atoms with Gasteiger partial charge in [0.2, 0.25) is 5.91 Å². The minimum atomic E-state index is -2.65. The molecule has 2 aromatic carbocycles. The Balaban J connectivity index is 0.720. The molecule has 1 saturated carbocycles. The van der Waals surface area contributed by atoms with Crippen LogP contribution in [0.25, 0.3) is 11.3 Å². The van der Waals surface area contributed by atoms with E-state index in [1.54, 1.807) is 42.8 Å². The SMILES string of the molecule is CC(=O)N1CCc2c(c(N3CCCc4cc(-c5cscn5)c(C(F)F)cc43)nn2C2CCN(CC3CCN(c4ccc(C(=O)NC5CCC(Oc6ccc(C#N)c(Cl)c6)CC5)nn4)CC3)CC2)C1. The van der Waals surface area contributed by atoms with Gasteiger partial charge in [-0.25, -0.2) is 13.8 Å². The number of alkyl halides is 2. The Kier molecular flexibility index (Phi) is 13.6. The number of amides is 2. The fraction of sp³-hybridized carbons (Fsp3) is 0.500. The molecule has 68 heavy (non-hydrogen) atoms. The Bertz CT molecular complexity index is 2650. The van der Waals surface area contributed by atoms with E-state index >= 15 is 0 Å². The van der Waals surface area contributed by atoms with Crippen LogP contribution >= 0.6 is 22.9 Å². The Morgan fingerprint density at radius 1 is 0.956 bits per heavy atom. The molecule has 0 radical (unpaired) electrons. The lowest BCUT2D eigenvalue weighted by atomic mass is 9.92. The van der Waals surface area contributed by atoms with E-state index in [1.165, 1.54) is 11.3 Å². The summed E-state index contributed by atoms with van der Waals surface area (Å²) in [7, 11) is 0. The fourth-order valence-electron chi connectivity index (χ4n) is 10.9. The van der Waals surface area contributed by atoms with E-state index in [0.717, 1.165) is 131 Å². The van der Waals surface area contributed by atoms with Crippen molar-refractivity contribution in [3.8, 4) is 23.1 Å². The third kappa shape index (κ3) is 9.77. The van der Waals surface area contributed by atoms with Crippen LogP contribution in [0.1, 0.15) is 116 Å². The summed E-state index contributed by atoms with van der Waals surface area (Å²) >= 11 is 7.57. The largest absolute Gasteiger partial charge is 0.490 e. The number of aromatic nitrogens is 5. The number of nitrogens with one attached hydrogen (secondary N) is 1. The van der Waals surface area contributed by atoms with Gasteiger partial charge in [-0.3, -0.25) is 14.3 Å². The van der Waals surface area contributed by atoms with Crippen molar-refractivity contribution in [2.24, 2.45) is 5.92 Å². The summed E-state index contributed by atoms with van der Waals surface area (Å²) in [5, 5.41) is 28.6. The van der Waals surface area contributed by atoms with Crippen molar-refractivity contribution in [2.45, 2.75) is 109 Å². The van der Waals surface area contributed by atoms with Crippen molar-refractivity contribution in [3.05, 3.63) is 92.0 Å². The monoisotopic (exact) mass is 963 g/mol. The maximum absolute atomic E-state index is 14.7. The zero-order valence-electron chi connectivity index (χ0n) is 38.3. The minimum Gasteiger partial charge on any atom is -0.490 e. The van der Waals surface area contributed by atoms with Crippen LogP contribution in [0.15, 0.2) is 53.4 Å². The molecule has 10 rings (SSSR count). The van der Waals surface area contributed by atoms with Crippen LogP contribution in [-0.2, 0) is 24.2 Å². The summed E-state index contributed by atoms with van der Waals surface area (Å²) in [6.45, 7) is 8.12. The van der Waals surface area contributed by atoms with Crippen LogP contribution < -0.4 is 19.9 Å². The number of carbonyl (C=O) groups is 2. The quantitative estimate of drug-likeness (QED) is 0.135. The van der Waals surface area contributed by atoms with Crippen molar-refractivity contribution in [1.29, 1.82) is 5.26 Å². The van der Waals surface area contributed by atoms with E-state index in [2.05, 4.69) is 45.9 Å². The molecule has 0 atom stereocenters. The van der Waals surface area contributed by atoms with Crippen LogP contribution in [0.4, 0.5) is 26.1 Å². The molecule has 3 fully saturated rings. The zero-order chi connectivity index (χ0) is 46.9. The van der Waals surface area contributed by atoms with Gasteiger partial charge in [0, 0.05) is 105 Å². The standard InChI is InChI=1S/C50H56ClF2N11O3S/c1-31(65)62-22-16-45-41(28-62)49(63-17-2-3-33-23-39(44-29-68-30-55-44)40(48(52)53)25-46(33)63)59-64(45)36-14-18-60(19-15-36)27-32-12-20-61(21-13-32)47-11-10-43(57-58-47)50(66)56-35-5-8-37(9-6-35)67-38-7-4-34(26-54)42(51)24-38/h4,7,10-11,23-25,29-30,32,35-37,48H,2-3,5-6,8-9,12-22,27-28H2,1H3,(H,56,66). The van der Waals surface area contributed by atoms with Gasteiger partial charge in [-0.05, 0) is 112 Å². The van der Waals surface area contributed by atoms with Gasteiger partial charge in [-0.2, -0.15) is 10.4 Å². The number of benzene rings is 2. The van der Waals surface area contributed by atoms with Gasteiger partial charge >= 0.3 is 0 Å². The van der Waals surface area contributed by atoms with Crippen molar-refractivity contribution in [2.75, 3.05) is 55.6 Å². The predicted octanol–water partition coefficient (Wildman–Crippen LogP) is 8.92. The first-order valence-electron chi connectivity index (χ1n) is 24.0. The van der Waals surface area contributed by atoms with Crippen LogP contribution in [-0.4, -0.2) is 105 Å². The van der Waals surface area contributed by atoms with Gasteiger partial charge in [-0.15, -0.1) is 21.5 Å². The number of anilines is 3. The first-order chi connectivity index (χ1) is 33.1. The molecule has 2 saturated heterocycles. The molecule has 1 N–H and O–H groups in total. The lowest BCUT2D eigenvalue weighted by Gasteiger charge is -2.38. The lowest BCUT2D eigenvalue weighted by Crippen LogP contribution is -2.42. The highest BCUT2D eigenvalue weighted by atomic mass is 35.5. The van der Waals surface area contributed by atoms with Crippen molar-refractivity contribution in [3.63, 3.8) is 0 Å². The van der Waals surface area contributed by atoms with Crippen molar-refractivity contribution < 1.29 is 23.1 Å². The summed E-state index contributed by atoms with van der Waals surface area (Å²) in [4.78, 5) is 39.0. The number of ether oxygens (including phenoxy) is 1. The van der Waals surface area contributed by atoms with Gasteiger partial charge in [0.25, 0.3) is 12.3 Å². The number of hydrogen-bond acceptors (Lipinski definition) is 12. The molecule has 4 aliphatic heterocycles. The Hall–Kier alpha value is -5.70. The zero-order valence-corrected chi connectivity index (χ0v) is 39.8. The highest BCUT2D eigenvalue weighted by Gasteiger charge is 2.36. The van der Waals surface area contributed by atoms with Gasteiger partial charge in [-0.1, -0.05) is 11.6 Å². The number of halogens is 3. The smallest absolute Gasteiger partial charge is 0.272 e. The second-order valence-corrected chi connectivity index (χ2v) is 20.1. The summed E-state index contributed by atoms with van der Waals surface area (Å²) in [6.07, 6.45) is 6.92. The summed E-state index contributed by atoms with van der Waals surface area (Å²) in [5.41, 5.74) is 7.44. The first kappa shape index (κ1) is 46.1. The summed E-state index contributed by atoms with van der Waals surface area (Å²) < 4.78 is 37.7. The summed E-state index contributed by atoms with van der Waals surface area (Å²) in [5.74, 6) is 2.60. The highest BCUT2D eigenvalue weighted by Crippen LogP contribution is 2.44. The van der Waals surface area contributed by atoms with Crippen LogP contribution in [0.2, 0.25) is 5.02 Å². The number of likely N-dealkylation sites (tertiary alicyclic amines) is 1. The number of hydrogen-bond donors (Lipinski definition) is 1. The molecule has 0 bridgehead atoms. The number of fused-ring (bicyclic) bond motifs is 2. The second-order valence-electron chi connectivity index (χ2n) is 18.9. The van der Waals surface area contributed by atoms with Gasteiger partial charge in [0.15, 0.2) is 17.3 Å².